The second-order valence-corrected chi connectivity index (χ2v) is 6.35. The predicted molar refractivity (Wildman–Crippen MR) is 93.6 cm³/mol. The van der Waals surface area contributed by atoms with Crippen molar-refractivity contribution >= 4 is 10.8 Å². The van der Waals surface area contributed by atoms with Gasteiger partial charge in [-0.15, -0.1) is 0 Å². The number of benzene rings is 2. The number of fused-ring (bicyclic) bond motifs is 1. The Morgan fingerprint density at radius 3 is 2.14 bits per heavy atom. The van der Waals surface area contributed by atoms with Crippen LogP contribution in [-0.4, -0.2) is 10.2 Å². The van der Waals surface area contributed by atoms with E-state index in [0.29, 0.717) is 10.8 Å². The van der Waals surface area contributed by atoms with Crippen molar-refractivity contribution in [2.75, 3.05) is 0 Å². The van der Waals surface area contributed by atoms with E-state index in [0.717, 1.165) is 16.7 Å². The Balaban J connectivity index is 2.78. The molecule has 0 aromatic heterocycles. The minimum Gasteiger partial charge on any atom is -0.507 e. The predicted octanol–water partition coefficient (Wildman–Crippen LogP) is 5.36. The Bertz CT molecular complexity index is 765. The first-order valence-electron chi connectivity index (χ1n) is 7.55. The summed E-state index contributed by atoms with van der Waals surface area (Å²) < 4.78 is 0. The SMILES string of the molecule is C/C=C\C(C)=C\C(C)(C)c1c(C)c(O)c2ccccc2c1O. The van der Waals surface area contributed by atoms with Crippen LogP contribution >= 0.6 is 0 Å². The summed E-state index contributed by atoms with van der Waals surface area (Å²) in [4.78, 5) is 0. The third-order valence-electron chi connectivity index (χ3n) is 4.07. The highest BCUT2D eigenvalue weighted by Crippen LogP contribution is 2.45. The normalized spacial score (nSPS) is 13.2. The smallest absolute Gasteiger partial charge is 0.127 e. The van der Waals surface area contributed by atoms with E-state index in [9.17, 15) is 10.2 Å². The minimum absolute atomic E-state index is 0.244. The molecule has 2 aromatic carbocycles. The second kappa shape index (κ2) is 5.88. The summed E-state index contributed by atoms with van der Waals surface area (Å²) in [7, 11) is 0. The first-order valence-corrected chi connectivity index (χ1v) is 7.55. The molecule has 2 rings (SSSR count). The first kappa shape index (κ1) is 16.2. The lowest BCUT2D eigenvalue weighted by Gasteiger charge is -2.27. The minimum atomic E-state index is -0.390. The lowest BCUT2D eigenvalue weighted by atomic mass is 9.78. The molecule has 0 bridgehead atoms. The number of hydrogen-bond donors (Lipinski definition) is 2. The number of aromatic hydroxyl groups is 2. The van der Waals surface area contributed by atoms with Gasteiger partial charge in [0, 0.05) is 21.8 Å². The summed E-state index contributed by atoms with van der Waals surface area (Å²) >= 11 is 0. The Kier molecular flexibility index (Phi) is 4.32. The Labute approximate surface area is 132 Å². The molecule has 2 heteroatoms. The topological polar surface area (TPSA) is 40.5 Å². The summed E-state index contributed by atoms with van der Waals surface area (Å²) in [5.74, 6) is 0.494. The standard InChI is InChI=1S/C20H24O2/c1-6-9-13(2)12-20(4,5)17-14(3)18(21)15-10-7-8-11-16(15)19(17)22/h6-12,21-22H,1-5H3/b9-6-,13-12+. The molecule has 0 aliphatic heterocycles. The van der Waals surface area contributed by atoms with E-state index in [4.69, 9.17) is 0 Å². The van der Waals surface area contributed by atoms with Crippen LogP contribution in [0.2, 0.25) is 0 Å². The number of phenols is 2. The van der Waals surface area contributed by atoms with Crippen LogP contribution in [0.3, 0.4) is 0 Å². The van der Waals surface area contributed by atoms with Crippen molar-refractivity contribution in [3.63, 3.8) is 0 Å². The molecule has 0 unspecified atom stereocenters. The van der Waals surface area contributed by atoms with Crippen LogP contribution in [0.15, 0.2) is 48.1 Å². The summed E-state index contributed by atoms with van der Waals surface area (Å²) in [6.45, 7) is 9.98. The molecule has 0 spiro atoms. The van der Waals surface area contributed by atoms with Crippen LogP contribution in [0.5, 0.6) is 11.5 Å². The maximum absolute atomic E-state index is 10.8. The fraction of sp³-hybridized carbons (Fsp3) is 0.300. The molecular formula is C20H24O2. The molecule has 2 N–H and O–H groups in total. The van der Waals surface area contributed by atoms with Gasteiger partial charge in [0.2, 0.25) is 0 Å². The van der Waals surface area contributed by atoms with Gasteiger partial charge in [-0.1, -0.05) is 61.9 Å². The van der Waals surface area contributed by atoms with Gasteiger partial charge in [-0.25, -0.2) is 0 Å². The van der Waals surface area contributed by atoms with E-state index < -0.39 is 0 Å². The third-order valence-corrected chi connectivity index (χ3v) is 4.07. The molecule has 0 aliphatic rings. The Morgan fingerprint density at radius 2 is 1.59 bits per heavy atom. The van der Waals surface area contributed by atoms with Crippen LogP contribution in [0.1, 0.15) is 38.8 Å². The Morgan fingerprint density at radius 1 is 1.05 bits per heavy atom. The lowest BCUT2D eigenvalue weighted by molar-refractivity contribution is 0.448. The summed E-state index contributed by atoms with van der Waals surface area (Å²) in [6.07, 6.45) is 6.14. The van der Waals surface area contributed by atoms with Crippen molar-refractivity contribution in [1.82, 2.24) is 0 Å². The molecule has 2 nitrogen and oxygen atoms in total. The van der Waals surface area contributed by atoms with Crippen LogP contribution in [0.4, 0.5) is 0 Å². The van der Waals surface area contributed by atoms with Gasteiger partial charge in [-0.2, -0.15) is 0 Å². The van der Waals surface area contributed by atoms with Crippen LogP contribution in [-0.2, 0) is 5.41 Å². The summed E-state index contributed by atoms with van der Waals surface area (Å²) in [5.41, 5.74) is 2.23. The van der Waals surface area contributed by atoms with Gasteiger partial charge in [0.15, 0.2) is 0 Å². The van der Waals surface area contributed by atoms with Crippen LogP contribution < -0.4 is 0 Å². The monoisotopic (exact) mass is 296 g/mol. The highest BCUT2D eigenvalue weighted by Gasteiger charge is 2.27. The van der Waals surface area contributed by atoms with E-state index in [-0.39, 0.29) is 16.9 Å². The molecule has 0 heterocycles. The third kappa shape index (κ3) is 2.74. The lowest BCUT2D eigenvalue weighted by Crippen LogP contribution is -2.16. The van der Waals surface area contributed by atoms with Gasteiger partial charge in [0.25, 0.3) is 0 Å². The largest absolute Gasteiger partial charge is 0.507 e. The quantitative estimate of drug-likeness (QED) is 0.591. The Hall–Kier alpha value is -2.22. The first-order chi connectivity index (χ1) is 10.3. The van der Waals surface area contributed by atoms with Crippen LogP contribution in [0, 0.1) is 6.92 Å². The average Bonchev–Trinajstić information content (AvgIpc) is 2.44. The average molecular weight is 296 g/mol. The van der Waals surface area contributed by atoms with Crippen molar-refractivity contribution in [2.24, 2.45) is 0 Å². The molecule has 0 saturated carbocycles. The van der Waals surface area contributed by atoms with Crippen molar-refractivity contribution in [3.05, 3.63) is 59.2 Å². The van der Waals surface area contributed by atoms with Crippen LogP contribution in [0.25, 0.3) is 10.8 Å². The molecular weight excluding hydrogens is 272 g/mol. The van der Waals surface area contributed by atoms with Gasteiger partial charge in [0.1, 0.15) is 11.5 Å². The molecule has 22 heavy (non-hydrogen) atoms. The molecule has 0 atom stereocenters. The fourth-order valence-corrected chi connectivity index (χ4v) is 3.27. The second-order valence-electron chi connectivity index (χ2n) is 6.35. The van der Waals surface area contributed by atoms with Gasteiger partial charge in [-0.3, -0.25) is 0 Å². The zero-order chi connectivity index (χ0) is 16.5. The van der Waals surface area contributed by atoms with Crippen molar-refractivity contribution < 1.29 is 10.2 Å². The molecule has 116 valence electrons. The molecule has 0 fully saturated rings. The maximum atomic E-state index is 10.8. The number of phenolic OH excluding ortho intramolecular Hbond substituents is 2. The highest BCUT2D eigenvalue weighted by molar-refractivity contribution is 5.95. The van der Waals surface area contributed by atoms with E-state index in [1.807, 2.05) is 57.2 Å². The molecule has 0 radical (unpaired) electrons. The molecule has 0 amide bonds. The fourth-order valence-electron chi connectivity index (χ4n) is 3.27. The van der Waals surface area contributed by atoms with E-state index >= 15 is 0 Å². The molecule has 0 saturated heterocycles. The van der Waals surface area contributed by atoms with E-state index in [2.05, 4.69) is 19.9 Å². The highest BCUT2D eigenvalue weighted by atomic mass is 16.3. The van der Waals surface area contributed by atoms with E-state index in [1.54, 1.807) is 0 Å². The van der Waals surface area contributed by atoms with Crippen molar-refractivity contribution in [3.8, 4) is 11.5 Å². The molecule has 2 aromatic rings. The van der Waals surface area contributed by atoms with Crippen molar-refractivity contribution in [2.45, 2.75) is 40.0 Å². The van der Waals surface area contributed by atoms with Gasteiger partial charge in [0.05, 0.1) is 0 Å². The number of hydrogen-bond acceptors (Lipinski definition) is 2. The van der Waals surface area contributed by atoms with E-state index in [1.165, 1.54) is 0 Å². The number of allylic oxidation sites excluding steroid dienone is 4. The number of rotatable bonds is 3. The summed E-state index contributed by atoms with van der Waals surface area (Å²) in [6, 6.07) is 7.40. The zero-order valence-corrected chi connectivity index (χ0v) is 13.9. The molecule has 0 aliphatic carbocycles. The van der Waals surface area contributed by atoms with Gasteiger partial charge in [-0.05, 0) is 26.3 Å². The zero-order valence-electron chi connectivity index (χ0n) is 13.9. The summed E-state index contributed by atoms with van der Waals surface area (Å²) in [5, 5.41) is 22.7. The van der Waals surface area contributed by atoms with Crippen molar-refractivity contribution in [1.29, 1.82) is 0 Å². The van der Waals surface area contributed by atoms with Gasteiger partial charge >= 0.3 is 0 Å². The van der Waals surface area contributed by atoms with Gasteiger partial charge < -0.3 is 10.2 Å². The maximum Gasteiger partial charge on any atom is 0.127 e.